The predicted molar refractivity (Wildman–Crippen MR) is 76.0 cm³/mol. The molecule has 0 aromatic carbocycles. The van der Waals surface area contributed by atoms with Crippen LogP contribution in [0.1, 0.15) is 44.9 Å². The maximum Gasteiger partial charge on any atom is 0.248 e. The lowest BCUT2D eigenvalue weighted by molar-refractivity contribution is -0.138. The minimum absolute atomic E-state index is 0.0479. The minimum Gasteiger partial charge on any atom is -0.342 e. The molecule has 0 aromatic rings. The predicted octanol–water partition coefficient (Wildman–Crippen LogP) is 1.54. The quantitative estimate of drug-likeness (QED) is 0.854. The molecule has 3 fully saturated rings. The second kappa shape index (κ2) is 4.69. The molecule has 2 saturated carbocycles. The van der Waals surface area contributed by atoms with E-state index in [4.69, 9.17) is 0 Å². The molecule has 0 atom stereocenters. The normalized spacial score (nSPS) is 28.4. The first kappa shape index (κ1) is 13.3. The van der Waals surface area contributed by atoms with E-state index in [1.165, 1.54) is 12.8 Å². The largest absolute Gasteiger partial charge is 0.342 e. The van der Waals surface area contributed by atoms with Crippen LogP contribution < -0.4 is 5.32 Å². The molecule has 0 radical (unpaired) electrons. The molecule has 0 unspecified atom stereocenters. The lowest BCUT2D eigenvalue weighted by Crippen LogP contribution is -2.56. The monoisotopic (exact) mass is 282 g/mol. The molecule has 0 bridgehead atoms. The molecule has 1 saturated heterocycles. The molecule has 3 aliphatic rings. The Morgan fingerprint density at radius 3 is 2.47 bits per heavy atom. The molecule has 1 aliphatic heterocycles. The summed E-state index contributed by atoms with van der Waals surface area (Å²) in [6.07, 6.45) is 8.72. The van der Waals surface area contributed by atoms with Gasteiger partial charge in [-0.1, -0.05) is 12.8 Å². The van der Waals surface area contributed by atoms with Crippen molar-refractivity contribution in [1.29, 1.82) is 0 Å². The fourth-order valence-electron chi connectivity index (χ4n) is 3.41. The summed E-state index contributed by atoms with van der Waals surface area (Å²) < 4.78 is 0.281. The summed E-state index contributed by atoms with van der Waals surface area (Å²) >= 11 is 1.87. The van der Waals surface area contributed by atoms with Crippen molar-refractivity contribution in [2.75, 3.05) is 19.3 Å². The van der Waals surface area contributed by atoms with Gasteiger partial charge in [0.2, 0.25) is 11.8 Å². The van der Waals surface area contributed by atoms with Crippen LogP contribution in [0.4, 0.5) is 0 Å². The van der Waals surface area contributed by atoms with Gasteiger partial charge in [0.1, 0.15) is 5.54 Å². The van der Waals surface area contributed by atoms with Crippen molar-refractivity contribution in [2.45, 2.75) is 55.2 Å². The number of rotatable bonds is 3. The number of carbonyl (C=O) groups excluding carboxylic acids is 2. The van der Waals surface area contributed by atoms with E-state index in [1.807, 2.05) is 16.7 Å². The van der Waals surface area contributed by atoms with Crippen LogP contribution in [0.3, 0.4) is 0 Å². The molecule has 1 heterocycles. The Labute approximate surface area is 118 Å². The first-order valence-corrected chi connectivity index (χ1v) is 8.47. The van der Waals surface area contributed by atoms with Gasteiger partial charge in [0.15, 0.2) is 0 Å². The van der Waals surface area contributed by atoms with Crippen LogP contribution in [0.25, 0.3) is 0 Å². The molecule has 4 nitrogen and oxygen atoms in total. The maximum absolute atomic E-state index is 12.8. The van der Waals surface area contributed by atoms with Crippen molar-refractivity contribution in [2.24, 2.45) is 0 Å². The molecule has 0 aromatic heterocycles. The van der Waals surface area contributed by atoms with Crippen LogP contribution in [0.5, 0.6) is 0 Å². The molecule has 3 rings (SSSR count). The lowest BCUT2D eigenvalue weighted by Gasteiger charge is -2.33. The smallest absolute Gasteiger partial charge is 0.248 e. The second-order valence-corrected chi connectivity index (χ2v) is 7.48. The van der Waals surface area contributed by atoms with Crippen molar-refractivity contribution < 1.29 is 9.59 Å². The van der Waals surface area contributed by atoms with Crippen LogP contribution in [0, 0.1) is 0 Å². The molecule has 2 aliphatic carbocycles. The van der Waals surface area contributed by atoms with E-state index in [-0.39, 0.29) is 16.6 Å². The topological polar surface area (TPSA) is 49.4 Å². The van der Waals surface area contributed by atoms with Gasteiger partial charge in [-0.15, -0.1) is 0 Å². The highest BCUT2D eigenvalue weighted by atomic mass is 32.2. The zero-order valence-electron chi connectivity index (χ0n) is 11.5. The lowest BCUT2D eigenvalue weighted by atomic mass is 9.96. The summed E-state index contributed by atoms with van der Waals surface area (Å²) in [5.74, 6) is 0.225. The van der Waals surface area contributed by atoms with Gasteiger partial charge in [0.25, 0.3) is 0 Å². The summed E-state index contributed by atoms with van der Waals surface area (Å²) in [5.41, 5.74) is -0.567. The molecular weight excluding hydrogens is 260 g/mol. The number of nitrogens with one attached hydrogen (secondary N) is 1. The Hall–Kier alpha value is -0.710. The summed E-state index contributed by atoms with van der Waals surface area (Å²) in [4.78, 5) is 26.7. The zero-order chi connectivity index (χ0) is 13.5. The molecule has 19 heavy (non-hydrogen) atoms. The van der Waals surface area contributed by atoms with E-state index in [2.05, 4.69) is 11.6 Å². The van der Waals surface area contributed by atoms with Crippen molar-refractivity contribution in [3.63, 3.8) is 0 Å². The molecule has 2 amide bonds. The van der Waals surface area contributed by atoms with Crippen molar-refractivity contribution >= 4 is 23.6 Å². The summed E-state index contributed by atoms with van der Waals surface area (Å²) in [5, 5.41) is 3.02. The molecular formula is C14H22N2O2S. The van der Waals surface area contributed by atoms with Crippen molar-refractivity contribution in [3.05, 3.63) is 0 Å². The Morgan fingerprint density at radius 1 is 1.21 bits per heavy atom. The third-order valence-electron chi connectivity index (χ3n) is 4.86. The van der Waals surface area contributed by atoms with Gasteiger partial charge < -0.3 is 10.2 Å². The average molecular weight is 282 g/mol. The number of hydrogen-bond donors (Lipinski definition) is 1. The van der Waals surface area contributed by atoms with Gasteiger partial charge in [-0.2, -0.15) is 11.8 Å². The fourth-order valence-corrected chi connectivity index (χ4v) is 4.20. The Kier molecular flexibility index (Phi) is 3.28. The number of amides is 2. The van der Waals surface area contributed by atoms with E-state index in [0.29, 0.717) is 13.0 Å². The van der Waals surface area contributed by atoms with Gasteiger partial charge >= 0.3 is 0 Å². The average Bonchev–Trinajstić information content (AvgIpc) is 3.05. The van der Waals surface area contributed by atoms with Gasteiger partial charge in [-0.3, -0.25) is 9.59 Å². The number of thioether (sulfide) groups is 1. The van der Waals surface area contributed by atoms with Gasteiger partial charge in [0.05, 0.1) is 0 Å². The van der Waals surface area contributed by atoms with Gasteiger partial charge in [0, 0.05) is 24.3 Å². The highest BCUT2D eigenvalue weighted by Gasteiger charge is 2.50. The summed E-state index contributed by atoms with van der Waals surface area (Å²) in [7, 11) is 0. The molecule has 1 N–H and O–H groups in total. The van der Waals surface area contributed by atoms with E-state index in [1.54, 1.807) is 0 Å². The van der Waals surface area contributed by atoms with Crippen LogP contribution in [-0.2, 0) is 9.59 Å². The van der Waals surface area contributed by atoms with E-state index < -0.39 is 5.54 Å². The molecule has 106 valence electrons. The molecule has 5 heteroatoms. The van der Waals surface area contributed by atoms with E-state index in [9.17, 15) is 9.59 Å². The third-order valence-corrected chi connectivity index (χ3v) is 6.26. The number of hydrogen-bond acceptors (Lipinski definition) is 3. The SMILES string of the molecule is CSC1(CN2CCC(=O)NC3(CCCC3)C2=O)CC1. The van der Waals surface area contributed by atoms with Crippen molar-refractivity contribution in [3.8, 4) is 0 Å². The maximum atomic E-state index is 12.8. The first-order chi connectivity index (χ1) is 9.09. The fraction of sp³-hybridized carbons (Fsp3) is 0.857. The van der Waals surface area contributed by atoms with E-state index in [0.717, 1.165) is 32.2 Å². The standard InChI is InChI=1S/C14H22N2O2S/c1-19-13(7-8-13)10-16-9-4-11(17)15-14(12(16)18)5-2-3-6-14/h2-10H2,1H3,(H,15,17). The Balaban J connectivity index is 1.79. The van der Waals surface area contributed by atoms with E-state index >= 15 is 0 Å². The van der Waals surface area contributed by atoms with Crippen LogP contribution >= 0.6 is 11.8 Å². The van der Waals surface area contributed by atoms with Crippen molar-refractivity contribution in [1.82, 2.24) is 10.2 Å². The van der Waals surface area contributed by atoms with Gasteiger partial charge in [-0.05, 0) is 31.9 Å². The molecule has 1 spiro atoms. The van der Waals surface area contributed by atoms with Crippen LogP contribution in [0.15, 0.2) is 0 Å². The number of nitrogens with zero attached hydrogens (tertiary/aromatic N) is 1. The highest BCUT2D eigenvalue weighted by molar-refractivity contribution is 8.00. The van der Waals surface area contributed by atoms with Crippen LogP contribution in [-0.4, -0.2) is 46.3 Å². The Morgan fingerprint density at radius 2 is 1.89 bits per heavy atom. The van der Waals surface area contributed by atoms with Crippen LogP contribution in [0.2, 0.25) is 0 Å². The second-order valence-electron chi connectivity index (χ2n) is 6.20. The summed E-state index contributed by atoms with van der Waals surface area (Å²) in [6, 6.07) is 0. The van der Waals surface area contributed by atoms with Gasteiger partial charge in [-0.25, -0.2) is 0 Å². The first-order valence-electron chi connectivity index (χ1n) is 7.25. The third kappa shape index (κ3) is 2.37. The zero-order valence-corrected chi connectivity index (χ0v) is 12.4. The summed E-state index contributed by atoms with van der Waals surface area (Å²) in [6.45, 7) is 1.42. The highest BCUT2D eigenvalue weighted by Crippen LogP contribution is 2.48. The number of carbonyl (C=O) groups is 2. The minimum atomic E-state index is -0.567. The Bertz CT molecular complexity index is 400.